The SMILES string of the molecule is CCCC/C=C/OC(=O)c1ccccc1C(=O)O. The van der Waals surface area contributed by atoms with Gasteiger partial charge in [0.1, 0.15) is 0 Å². The van der Waals surface area contributed by atoms with Crippen molar-refractivity contribution in [1.29, 1.82) is 0 Å². The molecule has 0 aliphatic rings. The van der Waals surface area contributed by atoms with Gasteiger partial charge in [-0.2, -0.15) is 0 Å². The van der Waals surface area contributed by atoms with Gasteiger partial charge in [-0.3, -0.25) is 0 Å². The summed E-state index contributed by atoms with van der Waals surface area (Å²) in [7, 11) is 0. The van der Waals surface area contributed by atoms with Crippen LogP contribution in [0.15, 0.2) is 36.6 Å². The van der Waals surface area contributed by atoms with E-state index in [9.17, 15) is 9.59 Å². The molecule has 0 unspecified atom stereocenters. The summed E-state index contributed by atoms with van der Waals surface area (Å²) in [5.41, 5.74) is 0.00889. The molecular weight excluding hydrogens is 232 g/mol. The van der Waals surface area contributed by atoms with E-state index in [0.717, 1.165) is 19.3 Å². The predicted octanol–water partition coefficient (Wildman–Crippen LogP) is 3.25. The zero-order valence-corrected chi connectivity index (χ0v) is 10.3. The number of unbranched alkanes of at least 4 members (excludes halogenated alkanes) is 2. The summed E-state index contributed by atoms with van der Waals surface area (Å²) in [6.07, 6.45) is 6.01. The molecule has 4 nitrogen and oxygen atoms in total. The molecule has 1 N–H and O–H groups in total. The van der Waals surface area contributed by atoms with E-state index in [1.54, 1.807) is 18.2 Å². The standard InChI is InChI=1S/C14H16O4/c1-2-3-4-7-10-18-14(17)12-9-6-5-8-11(12)13(15)16/h5-10H,2-4H2,1H3,(H,15,16)/b10-7+. The fraction of sp³-hybridized carbons (Fsp3) is 0.286. The van der Waals surface area contributed by atoms with Gasteiger partial charge in [0.25, 0.3) is 0 Å². The number of esters is 1. The van der Waals surface area contributed by atoms with E-state index in [4.69, 9.17) is 9.84 Å². The molecule has 0 aliphatic carbocycles. The van der Waals surface area contributed by atoms with E-state index in [1.807, 2.05) is 0 Å². The zero-order chi connectivity index (χ0) is 13.4. The van der Waals surface area contributed by atoms with Crippen molar-refractivity contribution in [3.8, 4) is 0 Å². The molecule has 0 saturated heterocycles. The number of carboxylic acids is 1. The van der Waals surface area contributed by atoms with E-state index in [0.29, 0.717) is 0 Å². The second-order valence-electron chi connectivity index (χ2n) is 3.77. The number of hydrogen-bond acceptors (Lipinski definition) is 3. The second-order valence-corrected chi connectivity index (χ2v) is 3.77. The smallest absolute Gasteiger partial charge is 0.343 e. The molecular formula is C14H16O4. The Bertz CT molecular complexity index is 449. The number of rotatable bonds is 6. The Morgan fingerprint density at radius 3 is 2.56 bits per heavy atom. The molecule has 4 heteroatoms. The first kappa shape index (κ1) is 14.0. The number of allylic oxidation sites excluding steroid dienone is 1. The fourth-order valence-corrected chi connectivity index (χ4v) is 1.41. The van der Waals surface area contributed by atoms with E-state index >= 15 is 0 Å². The lowest BCUT2D eigenvalue weighted by molar-refractivity contribution is 0.0631. The molecule has 18 heavy (non-hydrogen) atoms. The summed E-state index contributed by atoms with van der Waals surface area (Å²) >= 11 is 0. The molecule has 0 radical (unpaired) electrons. The van der Waals surface area contributed by atoms with Crippen molar-refractivity contribution >= 4 is 11.9 Å². The minimum absolute atomic E-state index is 0.0514. The number of hydrogen-bond donors (Lipinski definition) is 1. The molecule has 0 bridgehead atoms. The number of carbonyl (C=O) groups is 2. The third-order valence-corrected chi connectivity index (χ3v) is 2.37. The van der Waals surface area contributed by atoms with Gasteiger partial charge in [-0.25, -0.2) is 9.59 Å². The first-order valence-electron chi connectivity index (χ1n) is 5.85. The average molecular weight is 248 g/mol. The molecule has 1 aromatic carbocycles. The zero-order valence-electron chi connectivity index (χ0n) is 10.3. The Morgan fingerprint density at radius 2 is 1.94 bits per heavy atom. The van der Waals surface area contributed by atoms with Crippen LogP contribution in [0.5, 0.6) is 0 Å². The van der Waals surface area contributed by atoms with Crippen molar-refractivity contribution in [1.82, 2.24) is 0 Å². The van der Waals surface area contributed by atoms with Crippen LogP contribution < -0.4 is 0 Å². The summed E-state index contributed by atoms with van der Waals surface area (Å²) in [6, 6.07) is 5.98. The first-order valence-corrected chi connectivity index (χ1v) is 5.85. The Morgan fingerprint density at radius 1 is 1.28 bits per heavy atom. The van der Waals surface area contributed by atoms with Gasteiger partial charge in [-0.05, 0) is 31.1 Å². The highest BCUT2D eigenvalue weighted by molar-refractivity contribution is 6.02. The molecule has 1 rings (SSSR count). The number of carbonyl (C=O) groups excluding carboxylic acids is 1. The van der Waals surface area contributed by atoms with Crippen molar-refractivity contribution in [2.45, 2.75) is 26.2 Å². The average Bonchev–Trinajstić information content (AvgIpc) is 2.38. The van der Waals surface area contributed by atoms with Crippen LogP contribution >= 0.6 is 0 Å². The van der Waals surface area contributed by atoms with Crippen LogP contribution in [0.3, 0.4) is 0 Å². The highest BCUT2D eigenvalue weighted by Gasteiger charge is 2.15. The number of ether oxygens (including phenoxy) is 1. The highest BCUT2D eigenvalue weighted by Crippen LogP contribution is 2.10. The monoisotopic (exact) mass is 248 g/mol. The van der Waals surface area contributed by atoms with Crippen molar-refractivity contribution in [3.05, 3.63) is 47.7 Å². The Balaban J connectivity index is 2.67. The first-order chi connectivity index (χ1) is 8.66. The van der Waals surface area contributed by atoms with Crippen LogP contribution in [0.2, 0.25) is 0 Å². The third kappa shape index (κ3) is 4.05. The van der Waals surface area contributed by atoms with Gasteiger partial charge < -0.3 is 9.84 Å². The van der Waals surface area contributed by atoms with Crippen molar-refractivity contribution in [2.75, 3.05) is 0 Å². The van der Waals surface area contributed by atoms with E-state index in [-0.39, 0.29) is 11.1 Å². The normalized spacial score (nSPS) is 10.5. The summed E-state index contributed by atoms with van der Waals surface area (Å²) < 4.78 is 4.88. The molecule has 0 aromatic heterocycles. The van der Waals surface area contributed by atoms with Crippen LogP contribution in [0.1, 0.15) is 46.9 Å². The third-order valence-electron chi connectivity index (χ3n) is 2.37. The second kappa shape index (κ2) is 7.27. The number of aromatic carboxylic acids is 1. The molecule has 0 aliphatic heterocycles. The Kier molecular flexibility index (Phi) is 5.64. The lowest BCUT2D eigenvalue weighted by Crippen LogP contribution is -2.09. The molecule has 0 atom stereocenters. The van der Waals surface area contributed by atoms with Crippen molar-refractivity contribution in [2.24, 2.45) is 0 Å². The lowest BCUT2D eigenvalue weighted by atomic mass is 10.1. The molecule has 0 spiro atoms. The molecule has 1 aromatic rings. The van der Waals surface area contributed by atoms with E-state index in [2.05, 4.69) is 6.92 Å². The maximum atomic E-state index is 11.7. The van der Waals surface area contributed by atoms with Gasteiger partial charge in [-0.15, -0.1) is 0 Å². The number of benzene rings is 1. The summed E-state index contributed by atoms with van der Waals surface area (Å²) in [4.78, 5) is 22.6. The summed E-state index contributed by atoms with van der Waals surface area (Å²) in [6.45, 7) is 2.07. The van der Waals surface area contributed by atoms with Gasteiger partial charge in [-0.1, -0.05) is 25.5 Å². The Hall–Kier alpha value is -2.10. The number of carboxylic acid groups (broad SMARTS) is 1. The van der Waals surface area contributed by atoms with Crippen LogP contribution in [0.25, 0.3) is 0 Å². The maximum absolute atomic E-state index is 11.7. The quantitative estimate of drug-likeness (QED) is 0.477. The highest BCUT2D eigenvalue weighted by atomic mass is 16.5. The minimum Gasteiger partial charge on any atom is -0.478 e. The van der Waals surface area contributed by atoms with Crippen molar-refractivity contribution in [3.63, 3.8) is 0 Å². The largest absolute Gasteiger partial charge is 0.478 e. The van der Waals surface area contributed by atoms with Crippen LogP contribution in [-0.2, 0) is 4.74 Å². The van der Waals surface area contributed by atoms with Gasteiger partial charge in [0, 0.05) is 0 Å². The van der Waals surface area contributed by atoms with Crippen LogP contribution in [0.4, 0.5) is 0 Å². The Labute approximate surface area is 106 Å². The summed E-state index contributed by atoms with van der Waals surface area (Å²) in [5.74, 6) is -1.79. The molecule has 0 heterocycles. The van der Waals surface area contributed by atoms with Gasteiger partial charge >= 0.3 is 11.9 Å². The van der Waals surface area contributed by atoms with Crippen LogP contribution in [-0.4, -0.2) is 17.0 Å². The fourth-order valence-electron chi connectivity index (χ4n) is 1.41. The van der Waals surface area contributed by atoms with E-state index in [1.165, 1.54) is 18.4 Å². The molecule has 0 saturated carbocycles. The van der Waals surface area contributed by atoms with E-state index < -0.39 is 11.9 Å². The predicted molar refractivity (Wildman–Crippen MR) is 67.5 cm³/mol. The van der Waals surface area contributed by atoms with Gasteiger partial charge in [0.15, 0.2) is 0 Å². The summed E-state index contributed by atoms with van der Waals surface area (Å²) in [5, 5.41) is 8.93. The molecule has 96 valence electrons. The molecule has 0 fully saturated rings. The van der Waals surface area contributed by atoms with Crippen molar-refractivity contribution < 1.29 is 19.4 Å². The van der Waals surface area contributed by atoms with Crippen LogP contribution in [0, 0.1) is 0 Å². The minimum atomic E-state index is -1.14. The van der Waals surface area contributed by atoms with Gasteiger partial charge in [0.05, 0.1) is 17.4 Å². The molecule has 0 amide bonds. The maximum Gasteiger partial charge on any atom is 0.343 e. The topological polar surface area (TPSA) is 63.6 Å². The van der Waals surface area contributed by atoms with Gasteiger partial charge in [0.2, 0.25) is 0 Å². The lowest BCUT2D eigenvalue weighted by Gasteiger charge is -2.03.